The number of carbonyl (C=O) groups excluding carboxylic acids is 1. The summed E-state index contributed by atoms with van der Waals surface area (Å²) in [5, 5.41) is 10.2. The molecule has 0 aliphatic heterocycles. The van der Waals surface area contributed by atoms with Gasteiger partial charge in [0, 0.05) is 6.20 Å². The second kappa shape index (κ2) is 3.29. The average molecular weight is 188 g/mol. The third-order valence-corrected chi connectivity index (χ3v) is 1.74. The summed E-state index contributed by atoms with van der Waals surface area (Å²) < 4.78 is 1.72. The van der Waals surface area contributed by atoms with Crippen LogP contribution in [0.25, 0.3) is 5.65 Å². The zero-order chi connectivity index (χ0) is 9.97. The summed E-state index contributed by atoms with van der Waals surface area (Å²) >= 11 is 0. The number of aromatic nitrogens is 3. The van der Waals surface area contributed by atoms with Crippen molar-refractivity contribution in [1.82, 2.24) is 14.6 Å². The van der Waals surface area contributed by atoms with Crippen LogP contribution in [0.15, 0.2) is 37.3 Å². The first kappa shape index (κ1) is 8.43. The summed E-state index contributed by atoms with van der Waals surface area (Å²) in [4.78, 5) is 11.0. The molecule has 2 rings (SSSR count). The van der Waals surface area contributed by atoms with Crippen molar-refractivity contribution in [3.8, 4) is 0 Å². The molecule has 0 aliphatic carbocycles. The smallest absolute Gasteiger partial charge is 0.247 e. The van der Waals surface area contributed by atoms with Crippen molar-refractivity contribution in [2.75, 3.05) is 5.32 Å². The second-order valence-corrected chi connectivity index (χ2v) is 2.71. The number of hydrogen-bond donors (Lipinski definition) is 1. The van der Waals surface area contributed by atoms with Crippen molar-refractivity contribution in [1.29, 1.82) is 0 Å². The predicted octanol–water partition coefficient (Wildman–Crippen LogP) is 0.854. The molecule has 0 atom stereocenters. The summed E-state index contributed by atoms with van der Waals surface area (Å²) in [6.45, 7) is 3.37. The maximum atomic E-state index is 11.0. The maximum absolute atomic E-state index is 11.0. The number of anilines is 1. The zero-order valence-corrected chi connectivity index (χ0v) is 7.34. The van der Waals surface area contributed by atoms with E-state index in [2.05, 4.69) is 22.1 Å². The summed E-state index contributed by atoms with van der Waals surface area (Å²) in [7, 11) is 0. The van der Waals surface area contributed by atoms with Crippen LogP contribution in [0.3, 0.4) is 0 Å². The SMILES string of the molecule is C=CC(=O)Nc1ccc2nncn2c1. The lowest BCUT2D eigenvalue weighted by Crippen LogP contribution is -2.07. The Labute approximate surface area is 80.1 Å². The Hall–Kier alpha value is -2.17. The van der Waals surface area contributed by atoms with Crippen LogP contribution in [0, 0.1) is 0 Å². The average Bonchev–Trinajstić information content (AvgIpc) is 2.64. The van der Waals surface area contributed by atoms with Crippen molar-refractivity contribution in [2.45, 2.75) is 0 Å². The van der Waals surface area contributed by atoms with E-state index in [-0.39, 0.29) is 5.91 Å². The van der Waals surface area contributed by atoms with Gasteiger partial charge in [-0.15, -0.1) is 10.2 Å². The van der Waals surface area contributed by atoms with Gasteiger partial charge in [0.2, 0.25) is 5.91 Å². The Morgan fingerprint density at radius 1 is 1.57 bits per heavy atom. The van der Waals surface area contributed by atoms with Crippen LogP contribution >= 0.6 is 0 Å². The number of fused-ring (bicyclic) bond motifs is 1. The summed E-state index contributed by atoms with van der Waals surface area (Å²) in [6, 6.07) is 3.52. The molecule has 14 heavy (non-hydrogen) atoms. The highest BCUT2D eigenvalue weighted by Gasteiger charge is 1.99. The molecule has 0 aromatic carbocycles. The fourth-order valence-corrected chi connectivity index (χ4v) is 1.09. The van der Waals surface area contributed by atoms with Crippen LogP contribution in [-0.2, 0) is 4.79 Å². The quantitative estimate of drug-likeness (QED) is 0.711. The van der Waals surface area contributed by atoms with Gasteiger partial charge in [0.25, 0.3) is 0 Å². The minimum atomic E-state index is -0.238. The van der Waals surface area contributed by atoms with Gasteiger partial charge in [0.15, 0.2) is 5.65 Å². The van der Waals surface area contributed by atoms with Crippen molar-refractivity contribution in [3.63, 3.8) is 0 Å². The van der Waals surface area contributed by atoms with E-state index in [4.69, 9.17) is 0 Å². The largest absolute Gasteiger partial charge is 0.321 e. The second-order valence-electron chi connectivity index (χ2n) is 2.71. The van der Waals surface area contributed by atoms with Crippen LogP contribution in [0.4, 0.5) is 5.69 Å². The Balaban J connectivity index is 2.34. The third-order valence-electron chi connectivity index (χ3n) is 1.74. The first-order valence-corrected chi connectivity index (χ1v) is 4.02. The van der Waals surface area contributed by atoms with Gasteiger partial charge in [0.05, 0.1) is 5.69 Å². The van der Waals surface area contributed by atoms with Gasteiger partial charge in [-0.3, -0.25) is 9.20 Å². The van der Waals surface area contributed by atoms with E-state index in [1.807, 2.05) is 0 Å². The number of nitrogens with zero attached hydrogens (tertiary/aromatic N) is 3. The molecule has 5 heteroatoms. The van der Waals surface area contributed by atoms with Crippen LogP contribution in [0.1, 0.15) is 0 Å². The Kier molecular flexibility index (Phi) is 1.98. The summed E-state index contributed by atoms with van der Waals surface area (Å²) in [6.07, 6.45) is 4.52. The lowest BCUT2D eigenvalue weighted by atomic mass is 10.4. The van der Waals surface area contributed by atoms with Crippen molar-refractivity contribution >= 4 is 17.2 Å². The maximum Gasteiger partial charge on any atom is 0.247 e. The van der Waals surface area contributed by atoms with Gasteiger partial charge in [-0.25, -0.2) is 0 Å². The first-order valence-electron chi connectivity index (χ1n) is 4.02. The standard InChI is InChI=1S/C9H8N4O/c1-2-9(14)11-7-3-4-8-12-10-6-13(8)5-7/h2-6H,1H2,(H,11,14). The fourth-order valence-electron chi connectivity index (χ4n) is 1.09. The third kappa shape index (κ3) is 1.47. The lowest BCUT2D eigenvalue weighted by Gasteiger charge is -2.01. The minimum absolute atomic E-state index is 0.238. The molecular weight excluding hydrogens is 180 g/mol. The van der Waals surface area contributed by atoms with E-state index in [0.29, 0.717) is 5.69 Å². The van der Waals surface area contributed by atoms with Gasteiger partial charge in [0.1, 0.15) is 6.33 Å². The molecule has 1 N–H and O–H groups in total. The zero-order valence-electron chi connectivity index (χ0n) is 7.34. The van der Waals surface area contributed by atoms with Gasteiger partial charge in [-0.2, -0.15) is 0 Å². The molecule has 0 unspecified atom stereocenters. The topological polar surface area (TPSA) is 59.3 Å². The number of hydrogen-bond acceptors (Lipinski definition) is 3. The number of pyridine rings is 1. The highest BCUT2D eigenvalue weighted by atomic mass is 16.1. The van der Waals surface area contributed by atoms with E-state index in [9.17, 15) is 4.79 Å². The van der Waals surface area contributed by atoms with E-state index in [1.54, 1.807) is 29.1 Å². The molecule has 70 valence electrons. The lowest BCUT2D eigenvalue weighted by molar-refractivity contribution is -0.111. The molecule has 2 heterocycles. The van der Waals surface area contributed by atoms with Crippen molar-refractivity contribution in [3.05, 3.63) is 37.3 Å². The van der Waals surface area contributed by atoms with Crippen LogP contribution in [0.5, 0.6) is 0 Å². The van der Waals surface area contributed by atoms with Gasteiger partial charge in [-0.05, 0) is 18.2 Å². The molecule has 1 amide bonds. The number of amides is 1. The van der Waals surface area contributed by atoms with Crippen LogP contribution in [-0.4, -0.2) is 20.5 Å². The molecular formula is C9H8N4O. The number of rotatable bonds is 2. The number of nitrogens with one attached hydrogen (secondary N) is 1. The van der Waals surface area contributed by atoms with Gasteiger partial charge >= 0.3 is 0 Å². The summed E-state index contributed by atoms with van der Waals surface area (Å²) in [5.41, 5.74) is 1.42. The fraction of sp³-hybridized carbons (Fsp3) is 0. The predicted molar refractivity (Wildman–Crippen MR) is 51.8 cm³/mol. The highest BCUT2D eigenvalue weighted by molar-refractivity contribution is 5.98. The molecule has 0 fully saturated rings. The molecule has 2 aromatic heterocycles. The van der Waals surface area contributed by atoms with Crippen molar-refractivity contribution < 1.29 is 4.79 Å². The normalized spacial score (nSPS) is 10.0. The molecule has 0 bridgehead atoms. The Morgan fingerprint density at radius 2 is 2.43 bits per heavy atom. The number of carbonyl (C=O) groups is 1. The highest BCUT2D eigenvalue weighted by Crippen LogP contribution is 2.08. The molecule has 0 radical (unpaired) electrons. The molecule has 0 saturated carbocycles. The van der Waals surface area contributed by atoms with E-state index in [1.165, 1.54) is 6.08 Å². The monoisotopic (exact) mass is 188 g/mol. The molecule has 2 aromatic rings. The minimum Gasteiger partial charge on any atom is -0.321 e. The van der Waals surface area contributed by atoms with Crippen LogP contribution < -0.4 is 5.32 Å². The van der Waals surface area contributed by atoms with Gasteiger partial charge < -0.3 is 5.32 Å². The first-order chi connectivity index (χ1) is 6.79. The Morgan fingerprint density at radius 3 is 3.21 bits per heavy atom. The Bertz CT molecular complexity index is 488. The molecule has 5 nitrogen and oxygen atoms in total. The molecule has 0 spiro atoms. The van der Waals surface area contributed by atoms with E-state index >= 15 is 0 Å². The van der Waals surface area contributed by atoms with E-state index < -0.39 is 0 Å². The summed E-state index contributed by atoms with van der Waals surface area (Å²) in [5.74, 6) is -0.238. The van der Waals surface area contributed by atoms with Crippen molar-refractivity contribution in [2.24, 2.45) is 0 Å². The van der Waals surface area contributed by atoms with Gasteiger partial charge in [-0.1, -0.05) is 6.58 Å². The molecule has 0 aliphatic rings. The van der Waals surface area contributed by atoms with Crippen LogP contribution in [0.2, 0.25) is 0 Å². The molecule has 0 saturated heterocycles. The van der Waals surface area contributed by atoms with E-state index in [0.717, 1.165) is 5.65 Å².